The fraction of sp³-hybridized carbons (Fsp3) is 0.0714. The molecule has 0 aliphatic heterocycles. The van der Waals surface area contributed by atoms with Gasteiger partial charge in [-0.1, -0.05) is 30.3 Å². The third-order valence-corrected chi connectivity index (χ3v) is 2.61. The molecule has 0 aliphatic rings. The number of aryl methyl sites for hydroxylation is 1. The summed E-state index contributed by atoms with van der Waals surface area (Å²) in [5, 5.41) is 9.12. The summed E-state index contributed by atoms with van der Waals surface area (Å²) in [6, 6.07) is 11.6. The fourth-order valence-electron chi connectivity index (χ4n) is 1.71. The fourth-order valence-corrected chi connectivity index (χ4v) is 1.71. The van der Waals surface area contributed by atoms with Crippen LogP contribution in [0.5, 0.6) is 0 Å². The van der Waals surface area contributed by atoms with Crippen LogP contribution in [0.25, 0.3) is 11.1 Å². The molecule has 0 saturated carbocycles. The van der Waals surface area contributed by atoms with Gasteiger partial charge in [-0.2, -0.15) is 0 Å². The monoisotopic (exact) mass is 230 g/mol. The van der Waals surface area contributed by atoms with Crippen LogP contribution >= 0.6 is 0 Å². The van der Waals surface area contributed by atoms with E-state index in [2.05, 4.69) is 0 Å². The molecule has 2 nitrogen and oxygen atoms in total. The molecule has 2 aromatic rings. The molecule has 0 fully saturated rings. The first kappa shape index (κ1) is 11.3. The van der Waals surface area contributed by atoms with Crippen LogP contribution < -0.4 is 0 Å². The van der Waals surface area contributed by atoms with Gasteiger partial charge >= 0.3 is 5.97 Å². The van der Waals surface area contributed by atoms with Gasteiger partial charge in [-0.25, -0.2) is 9.18 Å². The van der Waals surface area contributed by atoms with E-state index in [-0.39, 0.29) is 5.56 Å². The quantitative estimate of drug-likeness (QED) is 0.857. The Hall–Kier alpha value is -2.16. The average molecular weight is 230 g/mol. The number of carboxylic acid groups (broad SMARTS) is 1. The Morgan fingerprint density at radius 1 is 1.18 bits per heavy atom. The Bertz CT molecular complexity index is 562. The van der Waals surface area contributed by atoms with Crippen molar-refractivity contribution >= 4 is 5.97 Å². The molecule has 0 aromatic heterocycles. The Morgan fingerprint density at radius 2 is 1.82 bits per heavy atom. The van der Waals surface area contributed by atoms with Gasteiger partial charge in [0.1, 0.15) is 5.82 Å². The maximum Gasteiger partial charge on any atom is 0.336 e. The molecular formula is C14H11FO2. The number of carbonyl (C=O) groups is 1. The van der Waals surface area contributed by atoms with Crippen LogP contribution in [0.4, 0.5) is 4.39 Å². The summed E-state index contributed by atoms with van der Waals surface area (Å²) in [5.41, 5.74) is 1.56. The van der Waals surface area contributed by atoms with Gasteiger partial charge in [-0.3, -0.25) is 0 Å². The third-order valence-electron chi connectivity index (χ3n) is 2.61. The second-order valence-corrected chi connectivity index (χ2v) is 3.82. The molecule has 1 N–H and O–H groups in total. The lowest BCUT2D eigenvalue weighted by molar-refractivity contribution is 0.0697. The van der Waals surface area contributed by atoms with Crippen molar-refractivity contribution in [2.45, 2.75) is 6.92 Å². The van der Waals surface area contributed by atoms with E-state index in [1.807, 2.05) is 6.07 Å². The number of benzene rings is 2. The lowest BCUT2D eigenvalue weighted by atomic mass is 9.97. The number of hydrogen-bond acceptors (Lipinski definition) is 1. The molecule has 2 rings (SSSR count). The summed E-state index contributed by atoms with van der Waals surface area (Å²) in [6.45, 7) is 1.55. The molecule has 0 spiro atoms. The van der Waals surface area contributed by atoms with Crippen LogP contribution in [-0.4, -0.2) is 11.1 Å². The molecule has 0 aliphatic carbocycles. The number of carboxylic acids is 1. The van der Waals surface area contributed by atoms with Crippen molar-refractivity contribution in [2.24, 2.45) is 0 Å². The predicted molar refractivity (Wildman–Crippen MR) is 63.5 cm³/mol. The van der Waals surface area contributed by atoms with Crippen molar-refractivity contribution in [3.8, 4) is 11.1 Å². The molecule has 0 unspecified atom stereocenters. The minimum Gasteiger partial charge on any atom is -0.478 e. The van der Waals surface area contributed by atoms with Crippen molar-refractivity contribution < 1.29 is 14.3 Å². The van der Waals surface area contributed by atoms with E-state index in [9.17, 15) is 9.18 Å². The highest BCUT2D eigenvalue weighted by Gasteiger charge is 2.14. The number of rotatable bonds is 2. The summed E-state index contributed by atoms with van der Waals surface area (Å²) in [4.78, 5) is 11.1. The SMILES string of the molecule is Cc1cc(C(=O)O)c(-c2ccccc2)cc1F. The number of halogens is 1. The van der Waals surface area contributed by atoms with E-state index in [1.165, 1.54) is 12.1 Å². The first-order valence-electron chi connectivity index (χ1n) is 5.18. The molecule has 0 heterocycles. The van der Waals surface area contributed by atoms with Gasteiger partial charge in [0.15, 0.2) is 0 Å². The van der Waals surface area contributed by atoms with Gasteiger partial charge in [-0.15, -0.1) is 0 Å². The van der Waals surface area contributed by atoms with Gasteiger partial charge in [0.25, 0.3) is 0 Å². The van der Waals surface area contributed by atoms with Crippen LogP contribution in [0.3, 0.4) is 0 Å². The average Bonchev–Trinajstić information content (AvgIpc) is 2.33. The van der Waals surface area contributed by atoms with Crippen molar-refractivity contribution in [1.82, 2.24) is 0 Å². The maximum absolute atomic E-state index is 13.5. The lowest BCUT2D eigenvalue weighted by Gasteiger charge is -2.08. The molecular weight excluding hydrogens is 219 g/mol. The molecule has 0 atom stereocenters. The molecule has 2 aromatic carbocycles. The smallest absolute Gasteiger partial charge is 0.336 e. The first-order valence-corrected chi connectivity index (χ1v) is 5.18. The van der Waals surface area contributed by atoms with Crippen molar-refractivity contribution in [1.29, 1.82) is 0 Å². The molecule has 17 heavy (non-hydrogen) atoms. The van der Waals surface area contributed by atoms with Gasteiger partial charge in [-0.05, 0) is 35.7 Å². The van der Waals surface area contributed by atoms with Gasteiger partial charge in [0.2, 0.25) is 0 Å². The first-order chi connectivity index (χ1) is 8.09. The van der Waals surface area contributed by atoms with Crippen LogP contribution in [0.15, 0.2) is 42.5 Å². The summed E-state index contributed by atoms with van der Waals surface area (Å²) in [5.74, 6) is -1.44. The number of aromatic carboxylic acids is 1. The Morgan fingerprint density at radius 3 is 2.41 bits per heavy atom. The topological polar surface area (TPSA) is 37.3 Å². The summed E-state index contributed by atoms with van der Waals surface area (Å²) in [6.07, 6.45) is 0. The van der Waals surface area contributed by atoms with E-state index in [0.29, 0.717) is 16.7 Å². The zero-order valence-electron chi connectivity index (χ0n) is 9.27. The van der Waals surface area contributed by atoms with Crippen LogP contribution in [-0.2, 0) is 0 Å². The van der Waals surface area contributed by atoms with E-state index in [0.717, 1.165) is 0 Å². The highest BCUT2D eigenvalue weighted by molar-refractivity contribution is 5.96. The lowest BCUT2D eigenvalue weighted by Crippen LogP contribution is -2.01. The zero-order valence-corrected chi connectivity index (χ0v) is 9.27. The van der Waals surface area contributed by atoms with Crippen LogP contribution in [0.2, 0.25) is 0 Å². The normalized spacial score (nSPS) is 10.2. The predicted octanol–water partition coefficient (Wildman–Crippen LogP) is 3.50. The molecule has 0 amide bonds. The maximum atomic E-state index is 13.5. The largest absolute Gasteiger partial charge is 0.478 e. The second kappa shape index (κ2) is 4.37. The van der Waals surface area contributed by atoms with E-state index in [1.54, 1.807) is 31.2 Å². The van der Waals surface area contributed by atoms with E-state index < -0.39 is 11.8 Å². The summed E-state index contributed by atoms with van der Waals surface area (Å²) in [7, 11) is 0. The minimum atomic E-state index is -1.05. The van der Waals surface area contributed by atoms with Gasteiger partial charge in [0, 0.05) is 0 Å². The standard InChI is InChI=1S/C14H11FO2/c1-9-7-12(14(16)17)11(8-13(9)15)10-5-3-2-4-6-10/h2-8H,1H3,(H,16,17). The van der Waals surface area contributed by atoms with Gasteiger partial charge < -0.3 is 5.11 Å². The second-order valence-electron chi connectivity index (χ2n) is 3.82. The van der Waals surface area contributed by atoms with Crippen LogP contribution in [0.1, 0.15) is 15.9 Å². The molecule has 0 radical (unpaired) electrons. The highest BCUT2D eigenvalue weighted by Crippen LogP contribution is 2.26. The Kier molecular flexibility index (Phi) is 2.91. The van der Waals surface area contributed by atoms with Crippen LogP contribution in [0, 0.1) is 12.7 Å². The van der Waals surface area contributed by atoms with Crippen molar-refractivity contribution in [3.05, 3.63) is 59.4 Å². The van der Waals surface area contributed by atoms with Crippen molar-refractivity contribution in [3.63, 3.8) is 0 Å². The Labute approximate surface area is 98.3 Å². The summed E-state index contributed by atoms with van der Waals surface area (Å²) >= 11 is 0. The van der Waals surface area contributed by atoms with E-state index in [4.69, 9.17) is 5.11 Å². The van der Waals surface area contributed by atoms with Crippen molar-refractivity contribution in [2.75, 3.05) is 0 Å². The zero-order chi connectivity index (χ0) is 12.4. The van der Waals surface area contributed by atoms with Gasteiger partial charge in [0.05, 0.1) is 5.56 Å². The minimum absolute atomic E-state index is 0.120. The third kappa shape index (κ3) is 2.18. The number of hydrogen-bond donors (Lipinski definition) is 1. The van der Waals surface area contributed by atoms with E-state index >= 15 is 0 Å². The molecule has 0 saturated heterocycles. The molecule has 0 bridgehead atoms. The highest BCUT2D eigenvalue weighted by atomic mass is 19.1. The summed E-state index contributed by atoms with van der Waals surface area (Å²) < 4.78 is 13.5. The molecule has 86 valence electrons. The Balaban J connectivity index is 2.68. The molecule has 3 heteroatoms.